The van der Waals surface area contributed by atoms with Crippen LogP contribution in [0, 0.1) is 0 Å². The van der Waals surface area contributed by atoms with Gasteiger partial charge in [-0.1, -0.05) is 60.6 Å². The monoisotopic (exact) mass is 389 g/mol. The van der Waals surface area contributed by atoms with Gasteiger partial charge in [0.1, 0.15) is 0 Å². The largest absolute Gasteiger partial charge is 0.303 e. The molecule has 0 spiro atoms. The molecule has 0 N–H and O–H groups in total. The number of rotatable bonds is 5. The smallest absolute Gasteiger partial charge is 0.191 e. The highest BCUT2D eigenvalue weighted by Gasteiger charge is 2.15. The molecule has 0 bridgehead atoms. The minimum atomic E-state index is 0.747. The first-order valence-electron chi connectivity index (χ1n) is 9.94. The molecule has 2 aromatic heterocycles. The molecule has 1 fully saturated rings. The van der Waals surface area contributed by atoms with Crippen molar-refractivity contribution in [2.45, 2.75) is 24.4 Å². The minimum absolute atomic E-state index is 0.747. The van der Waals surface area contributed by atoms with Gasteiger partial charge in [-0.2, -0.15) is 4.52 Å². The number of hydrogen-bond donors (Lipinski definition) is 0. The molecular formula is C22H23N5S. The van der Waals surface area contributed by atoms with E-state index in [1.165, 1.54) is 32.4 Å². The molecule has 0 amide bonds. The Morgan fingerprint density at radius 3 is 2.50 bits per heavy atom. The van der Waals surface area contributed by atoms with Crippen molar-refractivity contribution < 1.29 is 0 Å². The molecule has 5 rings (SSSR count). The predicted molar refractivity (Wildman–Crippen MR) is 115 cm³/mol. The average Bonchev–Trinajstić information content (AvgIpc) is 3.21. The Balaban J connectivity index is 1.50. The molecule has 0 radical (unpaired) electrons. The molecule has 142 valence electrons. The maximum Gasteiger partial charge on any atom is 0.191 e. The number of para-hydroxylation sites is 1. The predicted octanol–water partition coefficient (Wildman–Crippen LogP) is 4.52. The molecule has 0 unspecified atom stereocenters. The molecule has 5 nitrogen and oxygen atoms in total. The number of thioether (sulfide) groups is 1. The standard InChI is InChI=1S/C22H23N5S/c1-3-9-17(10-4-1)20-24-21-18-11-5-6-12-19(18)23-22(27(21)25-20)28-16-15-26-13-7-2-8-14-26/h1,3-6,9-12H,2,7-8,13-16H2. The fourth-order valence-corrected chi connectivity index (χ4v) is 4.73. The molecule has 1 aliphatic rings. The Labute approximate surface area is 168 Å². The second-order valence-corrected chi connectivity index (χ2v) is 8.26. The van der Waals surface area contributed by atoms with Gasteiger partial charge in [0, 0.05) is 23.2 Å². The van der Waals surface area contributed by atoms with E-state index in [4.69, 9.17) is 15.1 Å². The average molecular weight is 390 g/mol. The molecule has 28 heavy (non-hydrogen) atoms. The van der Waals surface area contributed by atoms with Crippen LogP contribution in [0.15, 0.2) is 59.8 Å². The quantitative estimate of drug-likeness (QED) is 0.371. The van der Waals surface area contributed by atoms with Gasteiger partial charge in [0.05, 0.1) is 5.52 Å². The topological polar surface area (TPSA) is 46.3 Å². The summed E-state index contributed by atoms with van der Waals surface area (Å²) in [6.07, 6.45) is 4.02. The lowest BCUT2D eigenvalue weighted by atomic mass is 10.1. The van der Waals surface area contributed by atoms with Gasteiger partial charge in [0.15, 0.2) is 16.6 Å². The summed E-state index contributed by atoms with van der Waals surface area (Å²) >= 11 is 1.77. The molecule has 4 aromatic rings. The first-order valence-corrected chi connectivity index (χ1v) is 10.9. The van der Waals surface area contributed by atoms with Crippen molar-refractivity contribution in [1.82, 2.24) is 24.5 Å². The van der Waals surface area contributed by atoms with Crippen LogP contribution in [0.5, 0.6) is 0 Å². The van der Waals surface area contributed by atoms with Gasteiger partial charge < -0.3 is 4.90 Å². The number of hydrogen-bond acceptors (Lipinski definition) is 5. The number of likely N-dealkylation sites (tertiary alicyclic amines) is 1. The second-order valence-electron chi connectivity index (χ2n) is 7.20. The zero-order valence-corrected chi connectivity index (χ0v) is 16.6. The number of fused-ring (bicyclic) bond motifs is 3. The van der Waals surface area contributed by atoms with E-state index < -0.39 is 0 Å². The van der Waals surface area contributed by atoms with E-state index in [0.29, 0.717) is 0 Å². The van der Waals surface area contributed by atoms with Crippen molar-refractivity contribution in [3.63, 3.8) is 0 Å². The van der Waals surface area contributed by atoms with Crippen LogP contribution in [0.1, 0.15) is 19.3 Å². The van der Waals surface area contributed by atoms with E-state index >= 15 is 0 Å². The molecule has 2 aromatic carbocycles. The van der Waals surface area contributed by atoms with Gasteiger partial charge in [-0.3, -0.25) is 0 Å². The van der Waals surface area contributed by atoms with Crippen LogP contribution < -0.4 is 0 Å². The van der Waals surface area contributed by atoms with E-state index in [1.807, 2.05) is 47.0 Å². The zero-order valence-electron chi connectivity index (χ0n) is 15.8. The molecular weight excluding hydrogens is 366 g/mol. The van der Waals surface area contributed by atoms with Crippen LogP contribution in [0.25, 0.3) is 27.9 Å². The van der Waals surface area contributed by atoms with Crippen LogP contribution in [-0.4, -0.2) is 49.9 Å². The summed E-state index contributed by atoms with van der Waals surface area (Å²) in [5, 5.41) is 6.76. The first-order chi connectivity index (χ1) is 13.9. The second kappa shape index (κ2) is 7.89. The fourth-order valence-electron chi connectivity index (χ4n) is 3.78. The summed E-state index contributed by atoms with van der Waals surface area (Å²) in [6.45, 7) is 3.55. The van der Waals surface area contributed by atoms with E-state index in [1.54, 1.807) is 11.8 Å². The molecule has 0 aliphatic carbocycles. The van der Waals surface area contributed by atoms with Crippen LogP contribution in [-0.2, 0) is 0 Å². The van der Waals surface area contributed by atoms with Gasteiger partial charge in [-0.25, -0.2) is 9.97 Å². The highest BCUT2D eigenvalue weighted by Crippen LogP contribution is 2.26. The summed E-state index contributed by atoms with van der Waals surface area (Å²) in [5.41, 5.74) is 2.88. The van der Waals surface area contributed by atoms with Crippen LogP contribution in [0.2, 0.25) is 0 Å². The summed E-state index contributed by atoms with van der Waals surface area (Å²) in [5.74, 6) is 1.76. The zero-order chi connectivity index (χ0) is 18.8. The Hall–Kier alpha value is -2.44. The van der Waals surface area contributed by atoms with Gasteiger partial charge >= 0.3 is 0 Å². The van der Waals surface area contributed by atoms with Crippen molar-refractivity contribution >= 4 is 28.3 Å². The lowest BCUT2D eigenvalue weighted by Crippen LogP contribution is -2.31. The molecule has 0 saturated carbocycles. The number of piperidine rings is 1. The molecule has 6 heteroatoms. The normalized spacial score (nSPS) is 15.4. The Morgan fingerprint density at radius 2 is 1.64 bits per heavy atom. The SMILES string of the molecule is c1ccc(-c2nc3c4ccccc4nc(SCCN4CCCCC4)n3n2)cc1. The van der Waals surface area contributed by atoms with Crippen molar-refractivity contribution in [1.29, 1.82) is 0 Å². The minimum Gasteiger partial charge on any atom is -0.303 e. The highest BCUT2D eigenvalue weighted by atomic mass is 32.2. The van der Waals surface area contributed by atoms with Gasteiger partial charge in [-0.15, -0.1) is 5.10 Å². The van der Waals surface area contributed by atoms with Crippen molar-refractivity contribution in [3.8, 4) is 11.4 Å². The molecule has 3 heterocycles. The third kappa shape index (κ3) is 3.50. The van der Waals surface area contributed by atoms with Crippen molar-refractivity contribution in [2.24, 2.45) is 0 Å². The van der Waals surface area contributed by atoms with Crippen LogP contribution in [0.4, 0.5) is 0 Å². The van der Waals surface area contributed by atoms with Crippen LogP contribution in [0.3, 0.4) is 0 Å². The molecule has 1 aliphatic heterocycles. The third-order valence-electron chi connectivity index (χ3n) is 5.27. The van der Waals surface area contributed by atoms with Crippen molar-refractivity contribution in [3.05, 3.63) is 54.6 Å². The third-order valence-corrected chi connectivity index (χ3v) is 6.18. The summed E-state index contributed by atoms with van der Waals surface area (Å²) in [4.78, 5) is 12.3. The first kappa shape index (κ1) is 17.6. The Morgan fingerprint density at radius 1 is 0.857 bits per heavy atom. The van der Waals surface area contributed by atoms with E-state index in [-0.39, 0.29) is 0 Å². The maximum absolute atomic E-state index is 4.90. The van der Waals surface area contributed by atoms with Gasteiger partial charge in [0.25, 0.3) is 0 Å². The van der Waals surface area contributed by atoms with Gasteiger partial charge in [0.2, 0.25) is 0 Å². The Bertz CT molecular complexity index is 1090. The highest BCUT2D eigenvalue weighted by molar-refractivity contribution is 7.99. The number of benzene rings is 2. The van der Waals surface area contributed by atoms with Gasteiger partial charge in [-0.05, 0) is 38.1 Å². The number of nitrogens with zero attached hydrogens (tertiary/aromatic N) is 5. The lowest BCUT2D eigenvalue weighted by Gasteiger charge is -2.25. The number of aromatic nitrogens is 4. The van der Waals surface area contributed by atoms with Crippen LogP contribution >= 0.6 is 11.8 Å². The Kier molecular flexibility index (Phi) is 4.97. The maximum atomic E-state index is 4.90. The van der Waals surface area contributed by atoms with E-state index in [9.17, 15) is 0 Å². The summed E-state index contributed by atoms with van der Waals surface area (Å²) < 4.78 is 1.92. The summed E-state index contributed by atoms with van der Waals surface area (Å²) in [6, 6.07) is 18.3. The summed E-state index contributed by atoms with van der Waals surface area (Å²) in [7, 11) is 0. The fraction of sp³-hybridized carbons (Fsp3) is 0.318. The van der Waals surface area contributed by atoms with E-state index in [2.05, 4.69) is 17.0 Å². The molecule has 0 atom stereocenters. The van der Waals surface area contributed by atoms with E-state index in [0.717, 1.165) is 45.4 Å². The molecule has 1 saturated heterocycles. The van der Waals surface area contributed by atoms with Crippen molar-refractivity contribution in [2.75, 3.05) is 25.4 Å². The lowest BCUT2D eigenvalue weighted by molar-refractivity contribution is 0.242.